The van der Waals surface area contributed by atoms with Gasteiger partial charge in [0.2, 0.25) is 11.8 Å². The summed E-state index contributed by atoms with van der Waals surface area (Å²) in [5.74, 6) is -0.485. The van der Waals surface area contributed by atoms with Gasteiger partial charge in [0.1, 0.15) is 12.3 Å². The van der Waals surface area contributed by atoms with E-state index < -0.39 is 11.5 Å². The molecule has 142 valence electrons. The highest BCUT2D eigenvalue weighted by molar-refractivity contribution is 5.77. The van der Waals surface area contributed by atoms with Crippen LogP contribution in [-0.4, -0.2) is 42.9 Å². The van der Waals surface area contributed by atoms with E-state index in [-0.39, 0.29) is 54.9 Å². The third kappa shape index (κ3) is 3.88. The molecule has 0 spiro atoms. The largest absolute Gasteiger partial charge is 0.471 e. The zero-order valence-corrected chi connectivity index (χ0v) is 14.9. The molecule has 0 amide bonds. The van der Waals surface area contributed by atoms with E-state index in [2.05, 4.69) is 15.0 Å². The summed E-state index contributed by atoms with van der Waals surface area (Å²) < 4.78 is 7.09. The summed E-state index contributed by atoms with van der Waals surface area (Å²) in [6.07, 6.45) is 0.209. The number of rotatable bonds is 7. The highest BCUT2D eigenvalue weighted by Gasteiger charge is 2.21. The van der Waals surface area contributed by atoms with Gasteiger partial charge < -0.3 is 20.7 Å². The monoisotopic (exact) mass is 371 g/mol. The smallest absolute Gasteiger partial charge is 0.274 e. The second kappa shape index (κ2) is 8.11. The molecule has 3 rings (SSSR count). The number of nitrogens with zero attached hydrogens (tertiary/aromatic N) is 4. The van der Waals surface area contributed by atoms with E-state index in [4.69, 9.17) is 10.5 Å². The number of anilines is 1. The molecule has 0 aliphatic carbocycles. The standard InChI is InChI=1S/C18H21N5O4/c1-23-15-14(20-13(17(23)26)12(9-25)7-8-24)16(22-18(19)21-15)27-10-11-5-3-2-4-6-11/h2-6,12,24-25H,7-10H2,1H3,(H2,19,21,22). The maximum Gasteiger partial charge on any atom is 0.274 e. The highest BCUT2D eigenvalue weighted by atomic mass is 16.5. The lowest BCUT2D eigenvalue weighted by molar-refractivity contribution is 0.217. The Morgan fingerprint density at radius 2 is 1.93 bits per heavy atom. The molecule has 1 aromatic carbocycles. The van der Waals surface area contributed by atoms with E-state index in [0.717, 1.165) is 5.56 Å². The average Bonchev–Trinajstić information content (AvgIpc) is 2.68. The van der Waals surface area contributed by atoms with Gasteiger partial charge in [0.25, 0.3) is 5.56 Å². The first-order valence-corrected chi connectivity index (χ1v) is 8.47. The second-order valence-corrected chi connectivity index (χ2v) is 6.09. The maximum atomic E-state index is 12.6. The minimum Gasteiger partial charge on any atom is -0.471 e. The molecule has 2 heterocycles. The number of nitrogen functional groups attached to an aromatic ring is 1. The van der Waals surface area contributed by atoms with E-state index >= 15 is 0 Å². The summed E-state index contributed by atoms with van der Waals surface area (Å²) in [4.78, 5) is 25.2. The summed E-state index contributed by atoms with van der Waals surface area (Å²) in [6.45, 7) is -0.250. The van der Waals surface area contributed by atoms with E-state index in [0.29, 0.717) is 0 Å². The first kappa shape index (κ1) is 18.7. The average molecular weight is 371 g/mol. The van der Waals surface area contributed by atoms with Gasteiger partial charge in [0, 0.05) is 19.6 Å². The number of nitrogens with two attached hydrogens (primary N) is 1. The number of aliphatic hydroxyl groups is 2. The van der Waals surface area contributed by atoms with E-state index in [1.54, 1.807) is 0 Å². The fourth-order valence-corrected chi connectivity index (χ4v) is 2.77. The molecule has 0 bridgehead atoms. The van der Waals surface area contributed by atoms with Gasteiger partial charge in [-0.1, -0.05) is 30.3 Å². The van der Waals surface area contributed by atoms with Crippen LogP contribution in [0.5, 0.6) is 5.88 Å². The number of aromatic nitrogens is 4. The molecule has 27 heavy (non-hydrogen) atoms. The molecule has 2 aromatic heterocycles. The van der Waals surface area contributed by atoms with Crippen LogP contribution in [0.3, 0.4) is 0 Å². The van der Waals surface area contributed by atoms with Crippen LogP contribution in [0.1, 0.15) is 23.6 Å². The van der Waals surface area contributed by atoms with Gasteiger partial charge in [-0.2, -0.15) is 9.97 Å². The third-order valence-electron chi connectivity index (χ3n) is 4.23. The zero-order chi connectivity index (χ0) is 19.4. The van der Waals surface area contributed by atoms with Crippen molar-refractivity contribution >= 4 is 17.1 Å². The van der Waals surface area contributed by atoms with Crippen LogP contribution in [0.25, 0.3) is 11.2 Å². The maximum absolute atomic E-state index is 12.6. The molecule has 1 atom stereocenters. The molecule has 0 aliphatic rings. The van der Waals surface area contributed by atoms with Gasteiger partial charge >= 0.3 is 0 Å². The summed E-state index contributed by atoms with van der Waals surface area (Å²) in [7, 11) is 1.54. The summed E-state index contributed by atoms with van der Waals surface area (Å²) in [5, 5.41) is 18.8. The lowest BCUT2D eigenvalue weighted by Crippen LogP contribution is -2.28. The van der Waals surface area contributed by atoms with E-state index in [1.807, 2.05) is 30.3 Å². The predicted molar refractivity (Wildman–Crippen MR) is 99.3 cm³/mol. The molecule has 0 saturated carbocycles. The SMILES string of the molecule is Cn1c(=O)c(C(CO)CCO)nc2c(OCc3ccccc3)nc(N)nc21. The normalized spacial score (nSPS) is 12.3. The fourth-order valence-electron chi connectivity index (χ4n) is 2.77. The van der Waals surface area contributed by atoms with Crippen molar-refractivity contribution in [3.05, 3.63) is 51.9 Å². The zero-order valence-electron chi connectivity index (χ0n) is 14.9. The predicted octanol–water partition coefficient (Wildman–Crippen LogP) is 0.343. The van der Waals surface area contributed by atoms with Crippen LogP contribution in [-0.2, 0) is 13.7 Å². The van der Waals surface area contributed by atoms with E-state index in [1.165, 1.54) is 11.6 Å². The van der Waals surface area contributed by atoms with Crippen LogP contribution in [0.2, 0.25) is 0 Å². The Morgan fingerprint density at radius 1 is 1.19 bits per heavy atom. The van der Waals surface area contributed by atoms with Gasteiger partial charge in [-0.05, 0) is 12.0 Å². The van der Waals surface area contributed by atoms with Crippen molar-refractivity contribution in [3.63, 3.8) is 0 Å². The molecular formula is C18H21N5O4. The van der Waals surface area contributed by atoms with E-state index in [9.17, 15) is 15.0 Å². The van der Waals surface area contributed by atoms with Crippen molar-refractivity contribution in [2.45, 2.75) is 18.9 Å². The number of hydrogen-bond donors (Lipinski definition) is 3. The summed E-state index contributed by atoms with van der Waals surface area (Å²) in [5.41, 5.74) is 6.92. The molecule has 4 N–H and O–H groups in total. The van der Waals surface area contributed by atoms with Crippen molar-refractivity contribution in [1.29, 1.82) is 0 Å². The molecule has 0 aliphatic heterocycles. The Bertz CT molecular complexity index is 990. The number of aliphatic hydroxyl groups excluding tert-OH is 2. The van der Waals surface area contributed by atoms with Crippen LogP contribution in [0, 0.1) is 0 Å². The molecular weight excluding hydrogens is 350 g/mol. The van der Waals surface area contributed by atoms with Crippen molar-refractivity contribution in [3.8, 4) is 5.88 Å². The Balaban J connectivity index is 2.10. The van der Waals surface area contributed by atoms with Crippen LogP contribution >= 0.6 is 0 Å². The third-order valence-corrected chi connectivity index (χ3v) is 4.23. The number of aryl methyl sites for hydroxylation is 1. The Labute approximate surface area is 155 Å². The van der Waals surface area contributed by atoms with Gasteiger partial charge in [0.15, 0.2) is 11.2 Å². The molecule has 1 unspecified atom stereocenters. The lowest BCUT2D eigenvalue weighted by Gasteiger charge is -2.15. The highest BCUT2D eigenvalue weighted by Crippen LogP contribution is 2.24. The molecule has 9 heteroatoms. The number of fused-ring (bicyclic) bond motifs is 1. The summed E-state index contributed by atoms with van der Waals surface area (Å²) >= 11 is 0. The quantitative estimate of drug-likeness (QED) is 0.541. The van der Waals surface area contributed by atoms with Gasteiger partial charge in [0.05, 0.1) is 6.61 Å². The van der Waals surface area contributed by atoms with Gasteiger partial charge in [-0.3, -0.25) is 9.36 Å². The topological polar surface area (TPSA) is 136 Å². The lowest BCUT2D eigenvalue weighted by atomic mass is 10.0. The van der Waals surface area contributed by atoms with Crippen LogP contribution < -0.4 is 16.0 Å². The molecule has 0 radical (unpaired) electrons. The Morgan fingerprint density at radius 3 is 2.59 bits per heavy atom. The minimum atomic E-state index is -0.599. The first-order valence-electron chi connectivity index (χ1n) is 8.47. The molecule has 3 aromatic rings. The van der Waals surface area contributed by atoms with Gasteiger partial charge in [-0.25, -0.2) is 4.98 Å². The number of ether oxygens (including phenoxy) is 1. The Hall–Kier alpha value is -3.04. The van der Waals surface area contributed by atoms with Crippen molar-refractivity contribution in [1.82, 2.24) is 19.5 Å². The van der Waals surface area contributed by atoms with Crippen molar-refractivity contribution in [2.24, 2.45) is 7.05 Å². The second-order valence-electron chi connectivity index (χ2n) is 6.09. The molecule has 0 fully saturated rings. The minimum absolute atomic E-state index is 0.0378. The van der Waals surface area contributed by atoms with Crippen molar-refractivity contribution in [2.75, 3.05) is 18.9 Å². The number of benzene rings is 1. The van der Waals surface area contributed by atoms with Crippen molar-refractivity contribution < 1.29 is 14.9 Å². The van der Waals surface area contributed by atoms with Crippen LogP contribution in [0.15, 0.2) is 35.1 Å². The fraction of sp³-hybridized carbons (Fsp3) is 0.333. The summed E-state index contributed by atoms with van der Waals surface area (Å²) in [6, 6.07) is 9.51. The first-order chi connectivity index (χ1) is 13.0. The Kier molecular flexibility index (Phi) is 5.63. The molecule has 9 nitrogen and oxygen atoms in total. The molecule has 0 saturated heterocycles. The van der Waals surface area contributed by atoms with Crippen LogP contribution in [0.4, 0.5) is 5.95 Å². The van der Waals surface area contributed by atoms with Gasteiger partial charge in [-0.15, -0.1) is 0 Å². The number of hydrogen-bond acceptors (Lipinski definition) is 8.